The Bertz CT molecular complexity index is 1280. The molecule has 0 saturated heterocycles. The summed E-state index contributed by atoms with van der Waals surface area (Å²) < 4.78 is 13.5. The standard InChI is InChI=1S/C20H15ClFN5O2/c1-9(23)18-24-8-13-12-4-2-10(20(28)29)6-16(12)26-19(17(13)27-18)25-11-3-5-15(22)14(21)7-11/h2-9H,23H2,1H3,(H,25,26)(H,28,29). The van der Waals surface area contributed by atoms with Gasteiger partial charge >= 0.3 is 5.97 Å². The number of nitrogens with zero attached hydrogens (tertiary/aromatic N) is 3. The normalized spacial score (nSPS) is 12.3. The van der Waals surface area contributed by atoms with E-state index in [9.17, 15) is 14.3 Å². The van der Waals surface area contributed by atoms with Crippen LogP contribution in [0.4, 0.5) is 15.9 Å². The van der Waals surface area contributed by atoms with Gasteiger partial charge < -0.3 is 16.2 Å². The second-order valence-corrected chi connectivity index (χ2v) is 6.94. The van der Waals surface area contributed by atoms with Gasteiger partial charge in [-0.2, -0.15) is 0 Å². The summed E-state index contributed by atoms with van der Waals surface area (Å²) in [6, 6.07) is 8.42. The Hall–Kier alpha value is -3.36. The van der Waals surface area contributed by atoms with Crippen molar-refractivity contribution in [1.29, 1.82) is 0 Å². The number of hydrogen-bond donors (Lipinski definition) is 3. The van der Waals surface area contributed by atoms with Crippen molar-refractivity contribution in [1.82, 2.24) is 15.0 Å². The highest BCUT2D eigenvalue weighted by molar-refractivity contribution is 6.31. The zero-order chi connectivity index (χ0) is 20.7. The minimum atomic E-state index is -1.06. The number of rotatable bonds is 4. The first-order valence-electron chi connectivity index (χ1n) is 8.65. The van der Waals surface area contributed by atoms with Crippen LogP contribution in [-0.4, -0.2) is 26.0 Å². The van der Waals surface area contributed by atoms with Gasteiger partial charge in [0.05, 0.1) is 22.1 Å². The Labute approximate surface area is 169 Å². The Kier molecular flexibility index (Phi) is 4.73. The lowest BCUT2D eigenvalue weighted by atomic mass is 10.1. The number of aromatic carboxylic acids is 1. The van der Waals surface area contributed by atoms with E-state index in [4.69, 9.17) is 17.3 Å². The summed E-state index contributed by atoms with van der Waals surface area (Å²) in [5.41, 5.74) is 7.48. The molecule has 0 spiro atoms. The van der Waals surface area contributed by atoms with Gasteiger partial charge in [0.1, 0.15) is 17.2 Å². The molecule has 0 aliphatic heterocycles. The number of anilines is 2. The van der Waals surface area contributed by atoms with Gasteiger partial charge in [0.2, 0.25) is 0 Å². The lowest BCUT2D eigenvalue weighted by molar-refractivity contribution is 0.0697. The first kappa shape index (κ1) is 19.0. The molecule has 0 radical (unpaired) electrons. The van der Waals surface area contributed by atoms with Crippen molar-refractivity contribution in [2.45, 2.75) is 13.0 Å². The van der Waals surface area contributed by atoms with Gasteiger partial charge in [-0.15, -0.1) is 0 Å². The van der Waals surface area contributed by atoms with Crippen LogP contribution in [0.3, 0.4) is 0 Å². The molecular formula is C20H15ClFN5O2. The van der Waals surface area contributed by atoms with E-state index >= 15 is 0 Å². The van der Waals surface area contributed by atoms with Gasteiger partial charge in [0, 0.05) is 22.7 Å². The zero-order valence-corrected chi connectivity index (χ0v) is 15.9. The minimum Gasteiger partial charge on any atom is -0.478 e. The third kappa shape index (κ3) is 3.55. The fourth-order valence-corrected chi connectivity index (χ4v) is 3.13. The van der Waals surface area contributed by atoms with Crippen molar-refractivity contribution in [2.24, 2.45) is 5.73 Å². The molecule has 4 rings (SSSR count). The molecule has 9 heteroatoms. The molecule has 1 unspecified atom stereocenters. The van der Waals surface area contributed by atoms with Crippen molar-refractivity contribution < 1.29 is 14.3 Å². The van der Waals surface area contributed by atoms with E-state index in [0.29, 0.717) is 39.1 Å². The average molecular weight is 412 g/mol. The summed E-state index contributed by atoms with van der Waals surface area (Å²) in [5, 5.41) is 13.7. The molecule has 29 heavy (non-hydrogen) atoms. The molecule has 0 aliphatic carbocycles. The molecule has 0 fully saturated rings. The van der Waals surface area contributed by atoms with Crippen molar-refractivity contribution in [3.8, 4) is 0 Å². The van der Waals surface area contributed by atoms with Gasteiger partial charge in [0.25, 0.3) is 0 Å². The largest absolute Gasteiger partial charge is 0.478 e. The fourth-order valence-electron chi connectivity index (χ4n) is 2.95. The number of aromatic nitrogens is 3. The van der Waals surface area contributed by atoms with E-state index < -0.39 is 17.8 Å². The lowest BCUT2D eigenvalue weighted by Gasteiger charge is -2.13. The molecular weight excluding hydrogens is 397 g/mol. The Morgan fingerprint density at radius 3 is 2.69 bits per heavy atom. The molecule has 2 aromatic heterocycles. The van der Waals surface area contributed by atoms with E-state index in [1.165, 1.54) is 30.3 Å². The molecule has 0 bridgehead atoms. The molecule has 146 valence electrons. The van der Waals surface area contributed by atoms with Gasteiger partial charge in [-0.1, -0.05) is 17.7 Å². The number of halogens is 2. The zero-order valence-electron chi connectivity index (χ0n) is 15.1. The Morgan fingerprint density at radius 1 is 1.21 bits per heavy atom. The smallest absolute Gasteiger partial charge is 0.335 e. The summed E-state index contributed by atoms with van der Waals surface area (Å²) >= 11 is 5.87. The van der Waals surface area contributed by atoms with Gasteiger partial charge in [0.15, 0.2) is 5.82 Å². The highest BCUT2D eigenvalue weighted by Crippen LogP contribution is 2.31. The molecule has 2 aromatic carbocycles. The van der Waals surface area contributed by atoms with Gasteiger partial charge in [-0.25, -0.2) is 24.1 Å². The van der Waals surface area contributed by atoms with E-state index in [1.54, 1.807) is 19.2 Å². The van der Waals surface area contributed by atoms with E-state index in [-0.39, 0.29) is 10.6 Å². The maximum absolute atomic E-state index is 13.5. The van der Waals surface area contributed by atoms with Crippen molar-refractivity contribution >= 4 is 50.9 Å². The second kappa shape index (κ2) is 7.23. The number of nitrogens with one attached hydrogen (secondary N) is 1. The third-order valence-corrected chi connectivity index (χ3v) is 4.68. The lowest BCUT2D eigenvalue weighted by Crippen LogP contribution is -2.10. The summed E-state index contributed by atoms with van der Waals surface area (Å²) in [5.74, 6) is -0.818. The number of nitrogens with two attached hydrogens (primary N) is 1. The van der Waals surface area contributed by atoms with Crippen LogP contribution in [-0.2, 0) is 0 Å². The fraction of sp³-hybridized carbons (Fsp3) is 0.100. The molecule has 0 saturated carbocycles. The third-order valence-electron chi connectivity index (χ3n) is 4.39. The Morgan fingerprint density at radius 2 is 2.00 bits per heavy atom. The highest BCUT2D eigenvalue weighted by atomic mass is 35.5. The van der Waals surface area contributed by atoms with Gasteiger partial charge in [-0.05, 0) is 37.3 Å². The number of benzene rings is 2. The highest BCUT2D eigenvalue weighted by Gasteiger charge is 2.15. The molecule has 2 heterocycles. The minimum absolute atomic E-state index is 0.0425. The van der Waals surface area contributed by atoms with E-state index in [1.807, 2.05) is 0 Å². The van der Waals surface area contributed by atoms with Crippen LogP contribution in [0, 0.1) is 5.82 Å². The van der Waals surface area contributed by atoms with Crippen molar-refractivity contribution in [2.75, 3.05) is 5.32 Å². The molecule has 0 aliphatic rings. The maximum atomic E-state index is 13.5. The van der Waals surface area contributed by atoms with Crippen molar-refractivity contribution in [3.63, 3.8) is 0 Å². The number of carbonyl (C=O) groups is 1. The first-order valence-corrected chi connectivity index (χ1v) is 9.02. The number of hydrogen-bond acceptors (Lipinski definition) is 6. The van der Waals surface area contributed by atoms with Crippen LogP contribution in [0.25, 0.3) is 21.8 Å². The predicted octanol–water partition coefficient (Wildman–Crippen LogP) is 4.43. The molecule has 4 N–H and O–H groups in total. The second-order valence-electron chi connectivity index (χ2n) is 6.53. The van der Waals surface area contributed by atoms with E-state index in [2.05, 4.69) is 20.3 Å². The molecule has 7 nitrogen and oxygen atoms in total. The van der Waals surface area contributed by atoms with Crippen LogP contribution >= 0.6 is 11.6 Å². The van der Waals surface area contributed by atoms with Crippen LogP contribution in [0.1, 0.15) is 29.1 Å². The number of fused-ring (bicyclic) bond motifs is 3. The van der Waals surface area contributed by atoms with Crippen LogP contribution < -0.4 is 11.1 Å². The SMILES string of the molecule is CC(N)c1ncc2c(n1)c(Nc1ccc(F)c(Cl)c1)nc1cc(C(=O)O)ccc12. The molecule has 1 atom stereocenters. The van der Waals surface area contributed by atoms with Crippen LogP contribution in [0.15, 0.2) is 42.6 Å². The number of pyridine rings is 1. The quantitative estimate of drug-likeness (QED) is 0.425. The molecule has 4 aromatic rings. The summed E-state index contributed by atoms with van der Waals surface area (Å²) in [6.07, 6.45) is 1.63. The number of carboxylic acids is 1. The summed E-state index contributed by atoms with van der Waals surface area (Å²) in [6.45, 7) is 1.77. The maximum Gasteiger partial charge on any atom is 0.335 e. The monoisotopic (exact) mass is 411 g/mol. The topological polar surface area (TPSA) is 114 Å². The number of carboxylic acid groups (broad SMARTS) is 1. The van der Waals surface area contributed by atoms with Gasteiger partial charge in [-0.3, -0.25) is 0 Å². The molecule has 0 amide bonds. The van der Waals surface area contributed by atoms with E-state index in [0.717, 1.165) is 0 Å². The first-order chi connectivity index (χ1) is 13.8. The van der Waals surface area contributed by atoms with Crippen LogP contribution in [0.2, 0.25) is 5.02 Å². The average Bonchev–Trinajstić information content (AvgIpc) is 2.70. The van der Waals surface area contributed by atoms with Crippen molar-refractivity contribution in [3.05, 3.63) is 64.8 Å². The Balaban J connectivity index is 1.97. The predicted molar refractivity (Wildman–Crippen MR) is 109 cm³/mol. The van der Waals surface area contributed by atoms with Crippen LogP contribution in [0.5, 0.6) is 0 Å². The summed E-state index contributed by atoms with van der Waals surface area (Å²) in [4.78, 5) is 24.7. The summed E-state index contributed by atoms with van der Waals surface area (Å²) in [7, 11) is 0.